The molecule has 0 aromatic heterocycles. The van der Waals surface area contributed by atoms with E-state index >= 15 is 0 Å². The van der Waals surface area contributed by atoms with E-state index in [4.69, 9.17) is 0 Å². The normalized spacial score (nSPS) is 27.1. The van der Waals surface area contributed by atoms with Gasteiger partial charge in [0, 0.05) is 51.4 Å². The Morgan fingerprint density at radius 1 is 0.840 bits per heavy atom. The van der Waals surface area contributed by atoms with Gasteiger partial charge in [-0.2, -0.15) is 0 Å². The second kappa shape index (κ2) is 8.81. The van der Waals surface area contributed by atoms with Gasteiger partial charge in [0.25, 0.3) is 0 Å². The second-order valence-corrected chi connectivity index (χ2v) is 7.97. The maximum Gasteiger partial charge on any atom is 0.222 e. The molecular formula is C20H32N2O3. The Balaban J connectivity index is 1.36. The average Bonchev–Trinajstić information content (AvgIpc) is 2.65. The van der Waals surface area contributed by atoms with Gasteiger partial charge in [-0.15, -0.1) is 0 Å². The number of unbranched alkanes of at least 4 members (excludes halogenated alkanes) is 1. The van der Waals surface area contributed by atoms with Crippen molar-refractivity contribution in [2.75, 3.05) is 19.6 Å². The number of carbonyl (C=O) groups excluding carboxylic acids is 3. The highest BCUT2D eigenvalue weighted by Gasteiger charge is 2.35. The fourth-order valence-corrected chi connectivity index (χ4v) is 4.79. The van der Waals surface area contributed by atoms with Crippen LogP contribution in [0, 0.1) is 5.92 Å². The predicted octanol–water partition coefficient (Wildman–Crippen LogP) is 2.92. The SMILES string of the molecule is O=C1CCN(C(=O)CCCCC(=O)N2CCCC3CCCCC32)CC1. The molecule has 2 saturated heterocycles. The van der Waals surface area contributed by atoms with Gasteiger partial charge < -0.3 is 9.80 Å². The molecule has 2 unspecified atom stereocenters. The summed E-state index contributed by atoms with van der Waals surface area (Å²) in [4.78, 5) is 40.0. The summed E-state index contributed by atoms with van der Waals surface area (Å²) in [6.45, 7) is 2.08. The van der Waals surface area contributed by atoms with Crippen LogP contribution >= 0.6 is 0 Å². The summed E-state index contributed by atoms with van der Waals surface area (Å²) in [5.41, 5.74) is 0. The summed E-state index contributed by atoms with van der Waals surface area (Å²) in [7, 11) is 0. The van der Waals surface area contributed by atoms with E-state index in [9.17, 15) is 14.4 Å². The van der Waals surface area contributed by atoms with E-state index < -0.39 is 0 Å². The van der Waals surface area contributed by atoms with E-state index in [1.807, 2.05) is 0 Å². The van der Waals surface area contributed by atoms with E-state index in [-0.39, 0.29) is 11.7 Å². The third-order valence-corrected chi connectivity index (χ3v) is 6.27. The quantitative estimate of drug-likeness (QED) is 0.718. The second-order valence-electron chi connectivity index (χ2n) is 7.97. The van der Waals surface area contributed by atoms with Crippen molar-refractivity contribution in [3.8, 4) is 0 Å². The first-order chi connectivity index (χ1) is 12.1. The Labute approximate surface area is 151 Å². The summed E-state index contributed by atoms with van der Waals surface area (Å²) in [5, 5.41) is 0. The minimum absolute atomic E-state index is 0.144. The van der Waals surface area contributed by atoms with Crippen molar-refractivity contribution in [3.63, 3.8) is 0 Å². The average molecular weight is 348 g/mol. The highest BCUT2D eigenvalue weighted by atomic mass is 16.2. The largest absolute Gasteiger partial charge is 0.342 e. The monoisotopic (exact) mass is 348 g/mol. The lowest BCUT2D eigenvalue weighted by atomic mass is 9.78. The smallest absolute Gasteiger partial charge is 0.222 e. The molecule has 0 spiro atoms. The molecule has 25 heavy (non-hydrogen) atoms. The lowest BCUT2D eigenvalue weighted by Crippen LogP contribution is -2.49. The lowest BCUT2D eigenvalue weighted by molar-refractivity contribution is -0.138. The van der Waals surface area contributed by atoms with Crippen molar-refractivity contribution in [3.05, 3.63) is 0 Å². The van der Waals surface area contributed by atoms with Crippen LogP contribution in [-0.4, -0.2) is 53.1 Å². The molecule has 2 aliphatic heterocycles. The molecule has 0 aromatic rings. The van der Waals surface area contributed by atoms with Crippen LogP contribution in [0.2, 0.25) is 0 Å². The van der Waals surface area contributed by atoms with Crippen molar-refractivity contribution < 1.29 is 14.4 Å². The fraction of sp³-hybridized carbons (Fsp3) is 0.850. The van der Waals surface area contributed by atoms with E-state index in [1.54, 1.807) is 4.90 Å². The number of ketones is 1. The van der Waals surface area contributed by atoms with Gasteiger partial charge in [-0.25, -0.2) is 0 Å². The van der Waals surface area contributed by atoms with Crippen molar-refractivity contribution in [1.29, 1.82) is 0 Å². The molecule has 2 amide bonds. The van der Waals surface area contributed by atoms with Gasteiger partial charge in [0.1, 0.15) is 5.78 Å². The van der Waals surface area contributed by atoms with Crippen molar-refractivity contribution in [2.24, 2.45) is 5.92 Å². The molecule has 0 N–H and O–H groups in total. The summed E-state index contributed by atoms with van der Waals surface area (Å²) >= 11 is 0. The Bertz CT molecular complexity index is 493. The predicted molar refractivity (Wildman–Crippen MR) is 96.0 cm³/mol. The van der Waals surface area contributed by atoms with Gasteiger partial charge in [-0.1, -0.05) is 12.8 Å². The summed E-state index contributed by atoms with van der Waals surface area (Å²) in [5.74, 6) is 1.44. The van der Waals surface area contributed by atoms with E-state index in [0.29, 0.717) is 50.7 Å². The number of hydrogen-bond donors (Lipinski definition) is 0. The van der Waals surface area contributed by atoms with E-state index in [2.05, 4.69) is 4.90 Å². The van der Waals surface area contributed by atoms with Crippen LogP contribution < -0.4 is 0 Å². The maximum absolute atomic E-state index is 12.6. The number of amides is 2. The zero-order chi connectivity index (χ0) is 17.6. The molecular weight excluding hydrogens is 316 g/mol. The molecule has 3 rings (SSSR count). The molecule has 3 aliphatic rings. The molecule has 1 saturated carbocycles. The van der Waals surface area contributed by atoms with Crippen LogP contribution in [0.5, 0.6) is 0 Å². The Morgan fingerprint density at radius 3 is 2.24 bits per heavy atom. The van der Waals surface area contributed by atoms with Gasteiger partial charge >= 0.3 is 0 Å². The number of piperidine rings is 2. The molecule has 3 fully saturated rings. The van der Waals surface area contributed by atoms with Crippen molar-refractivity contribution in [1.82, 2.24) is 9.80 Å². The summed E-state index contributed by atoms with van der Waals surface area (Å²) in [6.07, 6.45) is 11.2. The van der Waals surface area contributed by atoms with Crippen LogP contribution in [0.15, 0.2) is 0 Å². The number of carbonyl (C=O) groups is 3. The molecule has 2 heterocycles. The first-order valence-electron chi connectivity index (χ1n) is 10.2. The van der Waals surface area contributed by atoms with Crippen LogP contribution in [0.25, 0.3) is 0 Å². The van der Waals surface area contributed by atoms with Crippen LogP contribution in [0.4, 0.5) is 0 Å². The number of Topliss-reactive ketones (excluding diaryl/α,β-unsaturated/α-hetero) is 1. The van der Waals surface area contributed by atoms with Crippen LogP contribution in [-0.2, 0) is 14.4 Å². The number of fused-ring (bicyclic) bond motifs is 1. The van der Waals surface area contributed by atoms with Crippen molar-refractivity contribution in [2.45, 2.75) is 83.1 Å². The molecule has 2 atom stereocenters. The molecule has 1 aliphatic carbocycles. The minimum Gasteiger partial charge on any atom is -0.342 e. The first kappa shape index (κ1) is 18.4. The number of hydrogen-bond acceptors (Lipinski definition) is 3. The summed E-state index contributed by atoms with van der Waals surface area (Å²) < 4.78 is 0. The lowest BCUT2D eigenvalue weighted by Gasteiger charge is -2.44. The number of nitrogens with zero attached hydrogens (tertiary/aromatic N) is 2. The van der Waals surface area contributed by atoms with Crippen LogP contribution in [0.1, 0.15) is 77.0 Å². The van der Waals surface area contributed by atoms with Gasteiger partial charge in [0.2, 0.25) is 11.8 Å². The maximum atomic E-state index is 12.6. The Morgan fingerprint density at radius 2 is 1.48 bits per heavy atom. The highest BCUT2D eigenvalue weighted by molar-refractivity contribution is 5.83. The number of rotatable bonds is 5. The van der Waals surface area contributed by atoms with Gasteiger partial charge in [0.15, 0.2) is 0 Å². The number of likely N-dealkylation sites (tertiary alicyclic amines) is 2. The topological polar surface area (TPSA) is 57.7 Å². The van der Waals surface area contributed by atoms with Crippen LogP contribution in [0.3, 0.4) is 0 Å². The Hall–Kier alpha value is -1.39. The third-order valence-electron chi connectivity index (χ3n) is 6.27. The molecule has 140 valence electrons. The zero-order valence-corrected chi connectivity index (χ0v) is 15.4. The molecule has 0 bridgehead atoms. The summed E-state index contributed by atoms with van der Waals surface area (Å²) in [6, 6.07) is 0.488. The molecule has 0 radical (unpaired) electrons. The van der Waals surface area contributed by atoms with Gasteiger partial charge in [0.05, 0.1) is 0 Å². The molecule has 5 nitrogen and oxygen atoms in total. The van der Waals surface area contributed by atoms with Gasteiger partial charge in [-0.3, -0.25) is 14.4 Å². The highest BCUT2D eigenvalue weighted by Crippen LogP contribution is 2.35. The fourth-order valence-electron chi connectivity index (χ4n) is 4.79. The van der Waals surface area contributed by atoms with E-state index in [1.165, 1.54) is 32.1 Å². The zero-order valence-electron chi connectivity index (χ0n) is 15.4. The minimum atomic E-state index is 0.144. The standard InChI is InChI=1S/C20H32N2O3/c23-17-11-14-21(15-12-17)19(24)9-3-4-10-20(25)22-13-5-7-16-6-1-2-8-18(16)22/h16,18H,1-15H2. The van der Waals surface area contributed by atoms with E-state index in [0.717, 1.165) is 31.7 Å². The third kappa shape index (κ3) is 4.83. The Kier molecular flexibility index (Phi) is 6.49. The van der Waals surface area contributed by atoms with Gasteiger partial charge in [-0.05, 0) is 44.4 Å². The molecule has 0 aromatic carbocycles. The van der Waals surface area contributed by atoms with Crippen molar-refractivity contribution >= 4 is 17.6 Å². The molecule has 5 heteroatoms. The first-order valence-corrected chi connectivity index (χ1v) is 10.2.